The van der Waals surface area contributed by atoms with Crippen LogP contribution in [0.5, 0.6) is 0 Å². The van der Waals surface area contributed by atoms with Gasteiger partial charge in [-0.3, -0.25) is 14.5 Å². The van der Waals surface area contributed by atoms with Gasteiger partial charge in [-0.1, -0.05) is 5.16 Å². The molecule has 18 heteroatoms. The summed E-state index contributed by atoms with van der Waals surface area (Å²) in [6.45, 7) is -3.32. The van der Waals surface area contributed by atoms with Gasteiger partial charge in [0.2, 0.25) is 0 Å². The predicted molar refractivity (Wildman–Crippen MR) is 130 cm³/mol. The van der Waals surface area contributed by atoms with E-state index in [1.54, 1.807) is 6.20 Å². The number of halogens is 2. The Hall–Kier alpha value is -3.64. The average Bonchev–Trinajstić information content (AvgIpc) is 3.27. The Balaban J connectivity index is 1.55. The van der Waals surface area contributed by atoms with Crippen molar-refractivity contribution in [3.63, 3.8) is 0 Å². The number of nitrogen functional groups attached to an aromatic ring is 1. The van der Waals surface area contributed by atoms with Crippen molar-refractivity contribution in [2.75, 3.05) is 17.7 Å². The van der Waals surface area contributed by atoms with Crippen LogP contribution in [-0.4, -0.2) is 76.9 Å². The summed E-state index contributed by atoms with van der Waals surface area (Å²) in [6.07, 6.45) is 3.96. The third-order valence-electron chi connectivity index (χ3n) is 5.37. The first-order chi connectivity index (χ1) is 17.9. The molecule has 2 atom stereocenters. The highest BCUT2D eigenvalue weighted by Gasteiger charge is 2.54. The average molecular weight is 590 g/mol. The van der Waals surface area contributed by atoms with Crippen molar-refractivity contribution in [1.29, 1.82) is 0 Å². The van der Waals surface area contributed by atoms with E-state index >= 15 is 0 Å². The van der Waals surface area contributed by atoms with Crippen LogP contribution in [0.3, 0.4) is 0 Å². The maximum atomic E-state index is 12.9. The zero-order valence-corrected chi connectivity index (χ0v) is 21.7. The molecule has 2 aromatic rings. The highest BCUT2D eigenvalue weighted by atomic mass is 32.2. The number of β-lactam (4-membered cyclic amide) rings is 1. The number of carboxylic acid groups (broad SMARTS) is 1. The second-order valence-corrected chi connectivity index (χ2v) is 12.0. The van der Waals surface area contributed by atoms with E-state index in [-0.39, 0.29) is 33.7 Å². The molecule has 2 aromatic heterocycles. The highest BCUT2D eigenvalue weighted by Crippen LogP contribution is 2.40. The maximum absolute atomic E-state index is 12.9. The summed E-state index contributed by atoms with van der Waals surface area (Å²) >= 11 is 2.09. The summed E-state index contributed by atoms with van der Waals surface area (Å²) in [6, 6.07) is 1.72. The molecule has 0 bridgehead atoms. The van der Waals surface area contributed by atoms with Gasteiger partial charge in [0.15, 0.2) is 39.6 Å². The number of nitrogens with zero attached hydrogens (tertiary/aromatic N) is 4. The van der Waals surface area contributed by atoms with E-state index in [1.807, 2.05) is 0 Å². The van der Waals surface area contributed by atoms with Crippen LogP contribution in [0.2, 0.25) is 0 Å². The molecule has 4 heterocycles. The van der Waals surface area contributed by atoms with Gasteiger partial charge in [-0.05, 0) is 6.07 Å². The van der Waals surface area contributed by atoms with Crippen molar-refractivity contribution in [1.82, 2.24) is 15.2 Å². The van der Waals surface area contributed by atoms with Gasteiger partial charge in [0, 0.05) is 29.0 Å². The fourth-order valence-corrected chi connectivity index (χ4v) is 6.28. The monoisotopic (exact) mass is 589 g/mol. The predicted octanol–water partition coefficient (Wildman–Crippen LogP) is -0.202. The standard InChI is InChI=1S/C20H18F2N6O7S3/c1-38(33,34)10-3-2-4-27(6-10)5-9-7-36-17-13(16(30)28(17)14(9)18(31)32)25-15(29)12(26-35-19(21)22)11-8-37-20(23)24-11/h2-4,6,8,13,17,19H,5,7H2,1H3,(H3-,23,24,25,29,31,32)/p+1/t13?,17-/m1/s1. The Bertz CT molecular complexity index is 1480. The molecule has 1 unspecified atom stereocenters. The molecule has 38 heavy (non-hydrogen) atoms. The Labute approximate surface area is 221 Å². The van der Waals surface area contributed by atoms with Crippen LogP contribution < -0.4 is 15.6 Å². The molecule has 1 saturated heterocycles. The molecular weight excluding hydrogens is 570 g/mol. The Morgan fingerprint density at radius 2 is 2.18 bits per heavy atom. The Morgan fingerprint density at radius 3 is 2.79 bits per heavy atom. The molecule has 0 saturated carbocycles. The minimum atomic E-state index is -3.50. The van der Waals surface area contributed by atoms with E-state index in [1.165, 1.54) is 40.0 Å². The van der Waals surface area contributed by atoms with Gasteiger partial charge >= 0.3 is 12.6 Å². The van der Waals surface area contributed by atoms with Crippen molar-refractivity contribution < 1.29 is 46.1 Å². The molecule has 202 valence electrons. The van der Waals surface area contributed by atoms with Crippen LogP contribution >= 0.6 is 23.1 Å². The summed E-state index contributed by atoms with van der Waals surface area (Å²) in [5, 5.41) is 15.9. The number of thiazole rings is 1. The fourth-order valence-electron chi connectivity index (χ4n) is 3.74. The fraction of sp³-hybridized carbons (Fsp3) is 0.300. The third-order valence-corrected chi connectivity index (χ3v) is 8.48. The number of aliphatic carboxylic acids is 1. The number of carboxylic acids is 1. The van der Waals surface area contributed by atoms with Crippen LogP contribution in [0.4, 0.5) is 13.9 Å². The third kappa shape index (κ3) is 5.60. The van der Waals surface area contributed by atoms with Crippen molar-refractivity contribution >= 4 is 61.6 Å². The quantitative estimate of drug-likeness (QED) is 0.153. The zero-order chi connectivity index (χ0) is 27.8. The summed E-state index contributed by atoms with van der Waals surface area (Å²) < 4.78 is 50.3. The number of fused-ring (bicyclic) bond motifs is 1. The van der Waals surface area contributed by atoms with E-state index < -0.39 is 51.4 Å². The van der Waals surface area contributed by atoms with Gasteiger partial charge in [0.1, 0.15) is 27.7 Å². The number of amides is 2. The second kappa shape index (κ2) is 10.6. The molecule has 2 aliphatic heterocycles. The normalized spacial score (nSPS) is 19.7. The lowest BCUT2D eigenvalue weighted by atomic mass is 10.0. The number of sulfone groups is 1. The first-order valence-electron chi connectivity index (χ1n) is 10.5. The summed E-state index contributed by atoms with van der Waals surface area (Å²) in [7, 11) is -3.50. The van der Waals surface area contributed by atoms with Gasteiger partial charge in [-0.15, -0.1) is 23.1 Å². The number of aromatic nitrogens is 2. The number of nitrogens with two attached hydrogens (primary N) is 1. The van der Waals surface area contributed by atoms with Crippen molar-refractivity contribution in [2.45, 2.75) is 29.5 Å². The van der Waals surface area contributed by atoms with Crippen molar-refractivity contribution in [3.05, 3.63) is 46.9 Å². The Morgan fingerprint density at radius 1 is 1.45 bits per heavy atom. The lowest BCUT2D eigenvalue weighted by molar-refractivity contribution is -0.690. The number of oxime groups is 1. The molecule has 0 radical (unpaired) electrons. The summed E-state index contributed by atoms with van der Waals surface area (Å²) in [5.41, 5.74) is 4.81. The number of pyridine rings is 1. The number of anilines is 1. The minimum Gasteiger partial charge on any atom is -0.477 e. The van der Waals surface area contributed by atoms with Gasteiger partial charge in [-0.25, -0.2) is 18.2 Å². The van der Waals surface area contributed by atoms with Gasteiger partial charge in [-0.2, -0.15) is 13.3 Å². The van der Waals surface area contributed by atoms with Gasteiger partial charge < -0.3 is 21.0 Å². The van der Waals surface area contributed by atoms with Crippen LogP contribution in [0.15, 0.2) is 51.2 Å². The molecule has 2 aliphatic rings. The molecule has 0 aliphatic carbocycles. The summed E-state index contributed by atoms with van der Waals surface area (Å²) in [5.74, 6) is -3.02. The smallest absolute Gasteiger partial charge is 0.407 e. The first-order valence-corrected chi connectivity index (χ1v) is 14.3. The number of hydrogen-bond acceptors (Lipinski definition) is 11. The molecule has 2 amide bonds. The van der Waals surface area contributed by atoms with Crippen molar-refractivity contribution in [3.8, 4) is 0 Å². The van der Waals surface area contributed by atoms with E-state index in [4.69, 9.17) is 5.73 Å². The SMILES string of the molecule is CS(=O)(=O)c1ccc[n+](CC2=C(C(=O)O)N3C(=O)C(NC(=O)C(=NOC(F)F)c4csc(N)n4)[C@H]3SC2)c1. The number of thioether (sulfide) groups is 1. The molecule has 1 fully saturated rings. The van der Waals surface area contributed by atoms with Crippen molar-refractivity contribution in [2.24, 2.45) is 5.16 Å². The second-order valence-electron chi connectivity index (χ2n) is 7.98. The molecular formula is C20H19F2N6O7S3+. The number of carbonyl (C=O) groups is 3. The molecule has 4 N–H and O–H groups in total. The number of rotatable bonds is 9. The lowest BCUT2D eigenvalue weighted by Crippen LogP contribution is -2.71. The van der Waals surface area contributed by atoms with E-state index in [9.17, 15) is 36.7 Å². The Kier molecular flexibility index (Phi) is 7.65. The zero-order valence-electron chi connectivity index (χ0n) is 19.3. The van der Waals surface area contributed by atoms with Crippen LogP contribution in [0.25, 0.3) is 0 Å². The van der Waals surface area contributed by atoms with E-state index in [2.05, 4.69) is 20.3 Å². The maximum Gasteiger partial charge on any atom is 0.407 e. The number of alkyl halides is 2. The molecule has 0 aromatic carbocycles. The summed E-state index contributed by atoms with van der Waals surface area (Å²) in [4.78, 5) is 46.7. The minimum absolute atomic E-state index is 0.00145. The highest BCUT2D eigenvalue weighted by molar-refractivity contribution is 8.00. The van der Waals surface area contributed by atoms with Crippen LogP contribution in [-0.2, 0) is 35.6 Å². The lowest BCUT2D eigenvalue weighted by Gasteiger charge is -2.49. The van der Waals surface area contributed by atoms with E-state index in [0.717, 1.165) is 22.5 Å². The van der Waals surface area contributed by atoms with Gasteiger partial charge in [0.05, 0.1) is 0 Å². The number of carbonyl (C=O) groups excluding carboxylic acids is 2. The molecule has 0 spiro atoms. The van der Waals surface area contributed by atoms with Gasteiger partial charge in [0.25, 0.3) is 11.8 Å². The number of hydrogen-bond donors (Lipinski definition) is 3. The first kappa shape index (κ1) is 27.4. The van der Waals surface area contributed by atoms with Crippen LogP contribution in [0, 0.1) is 0 Å². The number of nitrogens with one attached hydrogen (secondary N) is 1. The van der Waals surface area contributed by atoms with E-state index in [0.29, 0.717) is 5.57 Å². The molecule has 4 rings (SSSR count). The van der Waals surface area contributed by atoms with Crippen LogP contribution in [0.1, 0.15) is 5.69 Å². The molecule has 13 nitrogen and oxygen atoms in total. The largest absolute Gasteiger partial charge is 0.477 e. The topological polar surface area (TPSA) is 185 Å².